The molecule has 2 aliphatic heterocycles. The highest BCUT2D eigenvalue weighted by atomic mass is 16.8. The fraction of sp³-hybridized carbons (Fsp3) is 0.329. The molecule has 2 fully saturated rings. The van der Waals surface area contributed by atoms with Crippen LogP contribution < -0.4 is 0 Å². The molecular formula is C73H78O14. The van der Waals surface area contributed by atoms with Gasteiger partial charge in [0.05, 0.1) is 66.1 Å². The first-order valence-corrected chi connectivity index (χ1v) is 29.8. The van der Waals surface area contributed by atoms with Crippen LogP contribution in [-0.2, 0) is 119 Å². The molecular weight excluding hydrogens is 1100 g/mol. The van der Waals surface area contributed by atoms with Crippen molar-refractivity contribution in [1.29, 1.82) is 0 Å². The van der Waals surface area contributed by atoms with Crippen LogP contribution in [0.3, 0.4) is 0 Å². The molecule has 0 N–H and O–H groups in total. The molecule has 87 heavy (non-hydrogen) atoms. The Hall–Kier alpha value is -7.25. The van der Waals surface area contributed by atoms with E-state index in [1.54, 1.807) is 7.11 Å². The Balaban J connectivity index is 1.07. The molecule has 14 heteroatoms. The number of carbonyl (C=O) groups is 1. The molecule has 10 rings (SSSR count). The van der Waals surface area contributed by atoms with Gasteiger partial charge in [0.1, 0.15) is 54.9 Å². The van der Waals surface area contributed by atoms with Crippen LogP contribution in [0.2, 0.25) is 0 Å². The smallest absolute Gasteiger partial charge is 0.303 e. The molecule has 12 atom stereocenters. The summed E-state index contributed by atoms with van der Waals surface area (Å²) in [5.41, 5.74) is 7.44. The van der Waals surface area contributed by atoms with Gasteiger partial charge in [0.2, 0.25) is 0 Å². The van der Waals surface area contributed by atoms with E-state index in [2.05, 4.69) is 0 Å². The molecule has 0 unspecified atom stereocenters. The van der Waals surface area contributed by atoms with Gasteiger partial charge in [0.25, 0.3) is 0 Å². The summed E-state index contributed by atoms with van der Waals surface area (Å²) in [7, 11) is 1.55. The minimum atomic E-state index is -1.42. The van der Waals surface area contributed by atoms with E-state index in [9.17, 15) is 4.79 Å². The first kappa shape index (κ1) is 62.8. The number of esters is 1. The number of methoxy groups -OCH3 is 1. The van der Waals surface area contributed by atoms with Crippen molar-refractivity contribution >= 4 is 5.97 Å². The number of hydrogen-bond donors (Lipinski definition) is 0. The van der Waals surface area contributed by atoms with Crippen molar-refractivity contribution < 1.29 is 66.4 Å². The highest BCUT2D eigenvalue weighted by molar-refractivity contribution is 5.66. The molecule has 2 heterocycles. The third kappa shape index (κ3) is 18.9. The number of hydrogen-bond acceptors (Lipinski definition) is 14. The number of carbonyl (C=O) groups excluding carboxylic acids is 1. The lowest BCUT2D eigenvalue weighted by atomic mass is 9.92. The van der Waals surface area contributed by atoms with Crippen LogP contribution in [0, 0.1) is 0 Å². The van der Waals surface area contributed by atoms with E-state index in [0.29, 0.717) is 6.61 Å². The molecule has 2 aliphatic rings. The average Bonchev–Trinajstić information content (AvgIpc) is 1.09. The van der Waals surface area contributed by atoms with E-state index >= 15 is 0 Å². The molecule has 454 valence electrons. The molecule has 2 saturated heterocycles. The van der Waals surface area contributed by atoms with Gasteiger partial charge in [-0.2, -0.15) is 0 Å². The number of benzene rings is 8. The van der Waals surface area contributed by atoms with Crippen molar-refractivity contribution in [3.8, 4) is 0 Å². The highest BCUT2D eigenvalue weighted by Gasteiger charge is 2.57. The van der Waals surface area contributed by atoms with Crippen molar-refractivity contribution in [2.75, 3.05) is 20.3 Å². The molecule has 0 bridgehead atoms. The van der Waals surface area contributed by atoms with Crippen molar-refractivity contribution in [2.45, 2.75) is 133 Å². The minimum absolute atomic E-state index is 0.0534. The Kier molecular flexibility index (Phi) is 24.4. The normalized spacial score (nSPS) is 22.7. The van der Waals surface area contributed by atoms with Gasteiger partial charge in [-0.15, -0.1) is 0 Å². The Morgan fingerprint density at radius 3 is 0.931 bits per heavy atom. The van der Waals surface area contributed by atoms with E-state index in [1.807, 2.05) is 243 Å². The molecule has 8 aromatic rings. The SMILES string of the molecule is CO[C@H]1O[C@H]([C@@H](COCc2ccccc2)OCc2ccccc2)[C@@H](OCc2ccccc2)[C@H](OCc2ccccc2)[C@@H]1O[C@H]1O[C@H]([C@@H](COCc2ccccc2)OCc2ccccc2)[C@@H](OCc2ccccc2)[C@H](OCc2ccccc2)[C@@H]1OC(C)=O. The van der Waals surface area contributed by atoms with Crippen molar-refractivity contribution in [3.05, 3.63) is 287 Å². The third-order valence-electron chi connectivity index (χ3n) is 15.2. The van der Waals surface area contributed by atoms with Gasteiger partial charge < -0.3 is 61.6 Å². The van der Waals surface area contributed by atoms with E-state index in [1.165, 1.54) is 6.92 Å². The summed E-state index contributed by atoms with van der Waals surface area (Å²) in [6.07, 6.45) is -12.5. The van der Waals surface area contributed by atoms with Crippen LogP contribution >= 0.6 is 0 Å². The number of ether oxygens (including phenoxy) is 13. The minimum Gasteiger partial charge on any atom is -0.454 e. The zero-order valence-corrected chi connectivity index (χ0v) is 49.3. The van der Waals surface area contributed by atoms with Crippen LogP contribution in [0.15, 0.2) is 243 Å². The molecule has 8 aromatic carbocycles. The summed E-state index contributed by atoms with van der Waals surface area (Å²) in [4.78, 5) is 13.8. The van der Waals surface area contributed by atoms with Crippen LogP contribution in [-0.4, -0.2) is 99.9 Å². The zero-order chi connectivity index (χ0) is 59.7. The van der Waals surface area contributed by atoms with Crippen LogP contribution in [0.25, 0.3) is 0 Å². The second kappa shape index (κ2) is 33.8. The lowest BCUT2D eigenvalue weighted by molar-refractivity contribution is -0.385. The Morgan fingerprint density at radius 1 is 0.345 bits per heavy atom. The largest absolute Gasteiger partial charge is 0.454 e. The first-order valence-electron chi connectivity index (χ1n) is 29.8. The Morgan fingerprint density at radius 2 is 0.621 bits per heavy atom. The second-order valence-corrected chi connectivity index (χ2v) is 21.6. The van der Waals surface area contributed by atoms with Gasteiger partial charge in [0.15, 0.2) is 18.7 Å². The second-order valence-electron chi connectivity index (χ2n) is 21.6. The van der Waals surface area contributed by atoms with Gasteiger partial charge >= 0.3 is 5.97 Å². The number of rotatable bonds is 32. The van der Waals surface area contributed by atoms with Gasteiger partial charge in [0, 0.05) is 14.0 Å². The topological polar surface area (TPSA) is 137 Å². The van der Waals surface area contributed by atoms with E-state index in [0.717, 1.165) is 44.5 Å². The van der Waals surface area contributed by atoms with E-state index in [-0.39, 0.29) is 59.5 Å². The zero-order valence-electron chi connectivity index (χ0n) is 49.3. The lowest BCUT2D eigenvalue weighted by Gasteiger charge is -2.51. The standard InChI is InChI=1S/C73H78O14/c1-53(74)84-71-69(83-50-61-41-25-10-26-42-61)67(81-48-59-37-21-8-22-38-59)65(63(79-46-57-33-17-6-18-34-57)52-77-44-55-29-13-4-14-30-55)86-73(71)87-70-68(82-49-60-39-23-9-24-40-60)66(80-47-58-35-19-7-20-36-58)64(85-72(70)75-2)62(78-45-56-31-15-5-16-32-56)51-76-43-54-27-11-3-12-28-54/h3-42,62-73H,43-52H2,1-2H3/t62-,63-,64-,65-,66-,67-,68+,69+,70+,71+,72+,73-/m1/s1. The lowest BCUT2D eigenvalue weighted by Crippen LogP contribution is -2.68. The summed E-state index contributed by atoms with van der Waals surface area (Å²) < 4.78 is 90.6. The van der Waals surface area contributed by atoms with Gasteiger partial charge in [-0.1, -0.05) is 243 Å². The van der Waals surface area contributed by atoms with Crippen LogP contribution in [0.4, 0.5) is 0 Å². The molecule has 0 aliphatic carbocycles. The maximum atomic E-state index is 13.8. The van der Waals surface area contributed by atoms with Crippen molar-refractivity contribution in [1.82, 2.24) is 0 Å². The van der Waals surface area contributed by atoms with Gasteiger partial charge in [-0.3, -0.25) is 4.79 Å². The summed E-state index contributed by atoms with van der Waals surface area (Å²) in [5.74, 6) is -0.605. The first-order chi connectivity index (χ1) is 42.9. The van der Waals surface area contributed by atoms with Gasteiger partial charge in [-0.25, -0.2) is 0 Å². The summed E-state index contributed by atoms with van der Waals surface area (Å²) >= 11 is 0. The fourth-order valence-electron chi connectivity index (χ4n) is 10.8. The van der Waals surface area contributed by atoms with Crippen LogP contribution in [0.1, 0.15) is 51.4 Å². The average molecular weight is 1180 g/mol. The summed E-state index contributed by atoms with van der Waals surface area (Å²) in [5, 5.41) is 0. The fourth-order valence-corrected chi connectivity index (χ4v) is 10.8. The Bertz CT molecular complexity index is 3150. The molecule has 0 spiro atoms. The quantitative estimate of drug-likeness (QED) is 0.0370. The molecule has 0 amide bonds. The van der Waals surface area contributed by atoms with Crippen LogP contribution in [0.5, 0.6) is 0 Å². The molecule has 14 nitrogen and oxygen atoms in total. The maximum absolute atomic E-state index is 13.8. The molecule has 0 aromatic heterocycles. The highest BCUT2D eigenvalue weighted by Crippen LogP contribution is 2.39. The maximum Gasteiger partial charge on any atom is 0.303 e. The monoisotopic (exact) mass is 1180 g/mol. The molecule has 0 saturated carbocycles. The van der Waals surface area contributed by atoms with Crippen molar-refractivity contribution in [3.63, 3.8) is 0 Å². The van der Waals surface area contributed by atoms with E-state index < -0.39 is 79.6 Å². The predicted octanol–water partition coefficient (Wildman–Crippen LogP) is 12.3. The van der Waals surface area contributed by atoms with E-state index in [4.69, 9.17) is 61.6 Å². The Labute approximate surface area is 511 Å². The summed E-state index contributed by atoms with van der Waals surface area (Å²) in [6.45, 7) is 3.09. The van der Waals surface area contributed by atoms with Crippen molar-refractivity contribution in [2.24, 2.45) is 0 Å². The third-order valence-corrected chi connectivity index (χ3v) is 15.2. The van der Waals surface area contributed by atoms with Gasteiger partial charge in [-0.05, 0) is 44.5 Å². The predicted molar refractivity (Wildman–Crippen MR) is 327 cm³/mol. The summed E-state index contributed by atoms with van der Waals surface area (Å²) in [6, 6.07) is 79.1. The molecule has 0 radical (unpaired) electrons.